The highest BCUT2D eigenvalue weighted by atomic mass is 35.5. The fraction of sp³-hybridized carbons (Fsp3) is 0.380. The smallest absolute Gasteiger partial charge is 0.310 e. The molecule has 0 amide bonds. The number of hydrogen-bond acceptors (Lipinski definition) is 14. The average Bonchev–Trinajstić information content (AvgIpc) is 4.02. The van der Waals surface area contributed by atoms with Crippen molar-refractivity contribution in [2.45, 2.75) is 63.9 Å². The third-order valence-corrected chi connectivity index (χ3v) is 12.8. The average molecular weight is 924 g/mol. The number of rotatable bonds is 18. The van der Waals surface area contributed by atoms with Crippen molar-refractivity contribution in [3.8, 4) is 34.5 Å². The number of carbonyl (C=O) groups excluding carboxylic acids is 5. The molecule has 4 atom stereocenters. The maximum absolute atomic E-state index is 13.7. The molecule has 3 aliphatic rings. The predicted octanol–water partition coefficient (Wildman–Crippen LogP) is 8.27. The summed E-state index contributed by atoms with van der Waals surface area (Å²) >= 11 is 6.06. The topological polar surface area (TPSA) is 173 Å². The first-order valence-electron chi connectivity index (χ1n) is 21.7. The molecule has 15 nitrogen and oxygen atoms in total. The molecule has 0 saturated carbocycles. The summed E-state index contributed by atoms with van der Waals surface area (Å²) in [6.45, 7) is 1.97. The van der Waals surface area contributed by atoms with Crippen molar-refractivity contribution in [1.82, 2.24) is 4.57 Å². The van der Waals surface area contributed by atoms with E-state index in [-0.39, 0.29) is 51.0 Å². The number of benzene rings is 4. The van der Waals surface area contributed by atoms with Crippen LogP contribution < -0.4 is 28.4 Å². The van der Waals surface area contributed by atoms with Crippen LogP contribution >= 0.6 is 11.6 Å². The lowest BCUT2D eigenvalue weighted by Crippen LogP contribution is -2.36. The second-order valence-electron chi connectivity index (χ2n) is 16.3. The lowest BCUT2D eigenvalue weighted by Gasteiger charge is -2.38. The number of nitrogens with zero attached hydrogens (tertiary/aromatic N) is 1. The number of Topliss-reactive ketones (excluding diaryl/α,β-unsaturated/α-hetero) is 1. The molecule has 5 aromatic rings. The van der Waals surface area contributed by atoms with Crippen LogP contribution in [0.3, 0.4) is 0 Å². The summed E-state index contributed by atoms with van der Waals surface area (Å²) in [6, 6.07) is 19.3. The van der Waals surface area contributed by atoms with E-state index < -0.39 is 41.8 Å². The molecule has 1 unspecified atom stereocenters. The van der Waals surface area contributed by atoms with Crippen molar-refractivity contribution in [1.29, 1.82) is 0 Å². The fourth-order valence-electron chi connectivity index (χ4n) is 9.29. The van der Waals surface area contributed by atoms with E-state index in [2.05, 4.69) is 0 Å². The van der Waals surface area contributed by atoms with E-state index in [4.69, 9.17) is 54.2 Å². The number of aromatic nitrogens is 1. The highest BCUT2D eigenvalue weighted by Crippen LogP contribution is 2.56. The van der Waals surface area contributed by atoms with Gasteiger partial charge in [0.25, 0.3) is 5.91 Å². The Morgan fingerprint density at radius 2 is 1.45 bits per heavy atom. The molecule has 0 N–H and O–H groups in total. The van der Waals surface area contributed by atoms with Gasteiger partial charge in [-0.05, 0) is 110 Å². The Morgan fingerprint density at radius 3 is 2.14 bits per heavy atom. The number of ketones is 1. The van der Waals surface area contributed by atoms with Gasteiger partial charge in [0.05, 0.1) is 65.9 Å². The van der Waals surface area contributed by atoms with Gasteiger partial charge in [0.1, 0.15) is 17.6 Å². The predicted molar refractivity (Wildman–Crippen MR) is 239 cm³/mol. The number of cyclic esters (lactones) is 1. The molecular weight excluding hydrogens is 874 g/mol. The van der Waals surface area contributed by atoms with Crippen LogP contribution in [0.15, 0.2) is 66.7 Å². The molecule has 2 aliphatic heterocycles. The number of unbranched alkanes of at least 4 members (excludes halogenated alkanes) is 2. The van der Waals surface area contributed by atoms with Crippen LogP contribution in [0.4, 0.5) is 0 Å². The van der Waals surface area contributed by atoms with Gasteiger partial charge < -0.3 is 42.6 Å². The Labute approximate surface area is 386 Å². The van der Waals surface area contributed by atoms with Crippen molar-refractivity contribution in [2.75, 3.05) is 48.4 Å². The van der Waals surface area contributed by atoms with Gasteiger partial charge in [-0.2, -0.15) is 0 Å². The minimum absolute atomic E-state index is 0.00658. The van der Waals surface area contributed by atoms with Crippen LogP contribution in [0.5, 0.6) is 34.5 Å². The van der Waals surface area contributed by atoms with Gasteiger partial charge in [-0.1, -0.05) is 11.6 Å². The molecule has 0 radical (unpaired) electrons. The lowest BCUT2D eigenvalue weighted by atomic mass is 9.66. The summed E-state index contributed by atoms with van der Waals surface area (Å²) in [5.41, 5.74) is 4.57. The highest BCUT2D eigenvalue weighted by Gasteiger charge is 2.54. The SMILES string of the molecule is COc1ccc2c(c1)c(CC(=O)CCCCCOC(=O)CCC(=O)O[C@@H]1c3cc4c(cc3[C@H](c3cc(OC)c(OC)c(OC)c3)[C@@H]3C(=O)OCC13)OCO4)c(C)n2C(=O)c1ccc(Cl)cc1. The molecule has 0 spiro atoms. The van der Waals surface area contributed by atoms with Gasteiger partial charge in [0.2, 0.25) is 12.5 Å². The summed E-state index contributed by atoms with van der Waals surface area (Å²) in [7, 11) is 6.09. The molecule has 1 aliphatic carbocycles. The molecule has 16 heteroatoms. The second kappa shape index (κ2) is 19.8. The van der Waals surface area contributed by atoms with Gasteiger partial charge in [-0.15, -0.1) is 0 Å². The van der Waals surface area contributed by atoms with E-state index in [9.17, 15) is 24.0 Å². The highest BCUT2D eigenvalue weighted by molar-refractivity contribution is 6.30. The number of esters is 3. The van der Waals surface area contributed by atoms with E-state index in [1.165, 1.54) is 21.3 Å². The Balaban J connectivity index is 0.852. The van der Waals surface area contributed by atoms with Crippen LogP contribution in [0.25, 0.3) is 10.9 Å². The Hall–Kier alpha value is -6.74. The first-order chi connectivity index (χ1) is 31.9. The van der Waals surface area contributed by atoms with Gasteiger partial charge in [-0.25, -0.2) is 0 Å². The number of halogens is 1. The van der Waals surface area contributed by atoms with Gasteiger partial charge in [-0.3, -0.25) is 28.5 Å². The fourth-order valence-corrected chi connectivity index (χ4v) is 9.42. The Bertz CT molecular complexity index is 2660. The largest absolute Gasteiger partial charge is 0.497 e. The van der Waals surface area contributed by atoms with Crippen molar-refractivity contribution in [3.05, 3.63) is 105 Å². The number of carbonyl (C=O) groups is 5. The summed E-state index contributed by atoms with van der Waals surface area (Å²) in [4.78, 5) is 66.7. The zero-order valence-electron chi connectivity index (χ0n) is 37.3. The van der Waals surface area contributed by atoms with E-state index in [0.717, 1.165) is 10.9 Å². The molecular formula is C50H50ClNO14. The van der Waals surface area contributed by atoms with Crippen molar-refractivity contribution < 1.29 is 66.6 Å². The minimum atomic E-state index is -0.891. The van der Waals surface area contributed by atoms with E-state index in [1.54, 1.807) is 66.3 Å². The molecule has 1 fully saturated rings. The van der Waals surface area contributed by atoms with E-state index >= 15 is 0 Å². The van der Waals surface area contributed by atoms with Crippen molar-refractivity contribution >= 4 is 52.1 Å². The Kier molecular flexibility index (Phi) is 13.7. The van der Waals surface area contributed by atoms with Gasteiger partial charge >= 0.3 is 17.9 Å². The number of ether oxygens (including phenoxy) is 9. The first-order valence-corrected chi connectivity index (χ1v) is 22.1. The van der Waals surface area contributed by atoms with Crippen LogP contribution in [0.1, 0.15) is 88.9 Å². The molecule has 0 bridgehead atoms. The Morgan fingerprint density at radius 1 is 0.758 bits per heavy atom. The maximum Gasteiger partial charge on any atom is 0.310 e. The molecule has 4 aromatic carbocycles. The van der Waals surface area contributed by atoms with Crippen LogP contribution in [0, 0.1) is 18.8 Å². The van der Waals surface area contributed by atoms with Crippen LogP contribution in [-0.4, -0.2) is 82.6 Å². The first kappa shape index (κ1) is 45.8. The van der Waals surface area contributed by atoms with Crippen LogP contribution in [0.2, 0.25) is 5.02 Å². The second-order valence-corrected chi connectivity index (χ2v) is 16.8. The summed E-state index contributed by atoms with van der Waals surface area (Å²) in [6.07, 6.45) is 0.806. The van der Waals surface area contributed by atoms with Gasteiger partial charge in [0, 0.05) is 51.9 Å². The molecule has 3 heterocycles. The van der Waals surface area contributed by atoms with Crippen LogP contribution in [-0.2, 0) is 39.8 Å². The van der Waals surface area contributed by atoms with Crippen molar-refractivity contribution in [2.24, 2.45) is 11.8 Å². The third-order valence-electron chi connectivity index (χ3n) is 12.5. The van der Waals surface area contributed by atoms with E-state index in [0.29, 0.717) is 98.7 Å². The minimum Gasteiger partial charge on any atom is -0.497 e. The molecule has 1 aromatic heterocycles. The number of fused-ring (bicyclic) bond motifs is 4. The quantitative estimate of drug-likeness (QED) is 0.0467. The molecule has 8 rings (SSSR count). The van der Waals surface area contributed by atoms with E-state index in [1.807, 2.05) is 19.1 Å². The summed E-state index contributed by atoms with van der Waals surface area (Å²) in [5, 5.41) is 1.29. The summed E-state index contributed by atoms with van der Waals surface area (Å²) in [5.74, 6) is -0.969. The normalized spacial score (nSPS) is 17.9. The standard InChI is InChI=1S/C50H50ClNO14/c1-27-33(34-22-32(58-2)14-15-38(34)52(27)49(56)28-10-12-30(51)13-11-28)21-31(53)9-7-6-8-18-62-43(54)16-17-44(55)66-47-36-24-40-39(64-26-65-40)23-35(36)45(46-37(47)25-63-50(46)57)29-19-41(59-3)48(61-5)42(20-29)60-4/h10-15,19-20,22-24,37,45-47H,6-9,16-18,21,25-26H2,1-5H3/t37?,45-,46+,47+/m0/s1. The molecule has 346 valence electrons. The maximum atomic E-state index is 13.7. The zero-order chi connectivity index (χ0) is 46.6. The molecule has 1 saturated heterocycles. The number of hydrogen-bond donors (Lipinski definition) is 0. The molecule has 66 heavy (non-hydrogen) atoms. The monoisotopic (exact) mass is 923 g/mol. The third kappa shape index (κ3) is 9.08. The zero-order valence-corrected chi connectivity index (χ0v) is 38.0. The van der Waals surface area contributed by atoms with Gasteiger partial charge in [0.15, 0.2) is 23.0 Å². The van der Waals surface area contributed by atoms with Crippen molar-refractivity contribution in [3.63, 3.8) is 0 Å². The lowest BCUT2D eigenvalue weighted by molar-refractivity contribution is -0.157. The summed E-state index contributed by atoms with van der Waals surface area (Å²) < 4.78 is 52.5. The number of methoxy groups -OCH3 is 4.